The number of urea groups is 1. The van der Waals surface area contributed by atoms with E-state index in [1.165, 1.54) is 23.1 Å². The van der Waals surface area contributed by atoms with Crippen molar-refractivity contribution in [3.05, 3.63) is 35.6 Å². The molecule has 7 nitrogen and oxygen atoms in total. The lowest BCUT2D eigenvalue weighted by molar-refractivity contribution is -0.145. The lowest BCUT2D eigenvalue weighted by Gasteiger charge is -2.27. The minimum absolute atomic E-state index is 0.01000. The van der Waals surface area contributed by atoms with E-state index in [9.17, 15) is 18.8 Å². The minimum atomic E-state index is -1.26. The summed E-state index contributed by atoms with van der Waals surface area (Å²) in [4.78, 5) is 36.9. The van der Waals surface area contributed by atoms with Crippen LogP contribution in [0.15, 0.2) is 24.3 Å². The Balaban J connectivity index is 2.09. The highest BCUT2D eigenvalue weighted by Crippen LogP contribution is 2.18. The molecule has 1 saturated heterocycles. The van der Waals surface area contributed by atoms with Crippen molar-refractivity contribution in [2.45, 2.75) is 12.5 Å². The SMILES string of the molecule is COC(=O)[C@@H](NC(=O)CN1CCCNC1=O)c1ccccc1F. The molecule has 1 heterocycles. The van der Waals surface area contributed by atoms with Crippen molar-refractivity contribution >= 4 is 17.9 Å². The maximum Gasteiger partial charge on any atom is 0.333 e. The fourth-order valence-corrected chi connectivity index (χ4v) is 2.30. The fraction of sp³-hybridized carbons (Fsp3) is 0.400. The average molecular weight is 323 g/mol. The average Bonchev–Trinajstić information content (AvgIpc) is 2.55. The van der Waals surface area contributed by atoms with Crippen LogP contribution in [0.25, 0.3) is 0 Å². The molecule has 1 atom stereocenters. The van der Waals surface area contributed by atoms with Gasteiger partial charge in [-0.2, -0.15) is 0 Å². The van der Waals surface area contributed by atoms with Crippen LogP contribution in [-0.4, -0.2) is 49.6 Å². The maximum atomic E-state index is 13.9. The number of carbonyl (C=O) groups excluding carboxylic acids is 3. The molecule has 1 fully saturated rings. The number of carbonyl (C=O) groups is 3. The summed E-state index contributed by atoms with van der Waals surface area (Å²) in [6.45, 7) is 0.798. The molecular weight excluding hydrogens is 305 g/mol. The predicted octanol–water partition coefficient (Wildman–Crippen LogP) is 0.571. The van der Waals surface area contributed by atoms with E-state index in [-0.39, 0.29) is 18.1 Å². The fourth-order valence-electron chi connectivity index (χ4n) is 2.30. The van der Waals surface area contributed by atoms with Gasteiger partial charge in [0.1, 0.15) is 12.4 Å². The smallest absolute Gasteiger partial charge is 0.333 e. The quantitative estimate of drug-likeness (QED) is 0.776. The lowest BCUT2D eigenvalue weighted by Crippen LogP contribution is -2.51. The molecular formula is C15H18FN3O4. The molecule has 3 amide bonds. The van der Waals surface area contributed by atoms with E-state index in [1.807, 2.05) is 0 Å². The van der Waals surface area contributed by atoms with Crippen molar-refractivity contribution in [3.63, 3.8) is 0 Å². The molecule has 0 aromatic heterocycles. The van der Waals surface area contributed by atoms with Crippen molar-refractivity contribution in [2.75, 3.05) is 26.7 Å². The molecule has 2 N–H and O–H groups in total. The highest BCUT2D eigenvalue weighted by Gasteiger charge is 2.28. The number of benzene rings is 1. The molecule has 1 aliphatic heterocycles. The van der Waals surface area contributed by atoms with Crippen molar-refractivity contribution in [1.29, 1.82) is 0 Å². The molecule has 1 aromatic rings. The first-order valence-electron chi connectivity index (χ1n) is 7.17. The van der Waals surface area contributed by atoms with Gasteiger partial charge < -0.3 is 20.3 Å². The first-order chi connectivity index (χ1) is 11.0. The topological polar surface area (TPSA) is 87.7 Å². The monoisotopic (exact) mass is 323 g/mol. The number of ether oxygens (including phenoxy) is 1. The number of hydrogen-bond acceptors (Lipinski definition) is 4. The second-order valence-corrected chi connectivity index (χ2v) is 5.05. The molecule has 0 aliphatic carbocycles. The molecule has 1 aliphatic rings. The molecule has 0 saturated carbocycles. The number of rotatable bonds is 5. The summed E-state index contributed by atoms with van der Waals surface area (Å²) in [7, 11) is 1.15. The minimum Gasteiger partial charge on any atom is -0.467 e. The summed E-state index contributed by atoms with van der Waals surface area (Å²) in [6, 6.07) is 4.01. The van der Waals surface area contributed by atoms with Crippen molar-refractivity contribution < 1.29 is 23.5 Å². The van der Waals surface area contributed by atoms with E-state index in [1.54, 1.807) is 6.07 Å². The first-order valence-corrected chi connectivity index (χ1v) is 7.17. The third kappa shape index (κ3) is 4.18. The van der Waals surface area contributed by atoms with Crippen LogP contribution in [-0.2, 0) is 14.3 Å². The molecule has 1 aromatic carbocycles. The summed E-state index contributed by atoms with van der Waals surface area (Å²) in [5.41, 5.74) is 0.01000. The van der Waals surface area contributed by atoms with Gasteiger partial charge in [-0.1, -0.05) is 18.2 Å². The van der Waals surface area contributed by atoms with Gasteiger partial charge in [0, 0.05) is 18.7 Å². The molecule has 2 rings (SSSR count). The number of esters is 1. The van der Waals surface area contributed by atoms with Gasteiger partial charge in [-0.25, -0.2) is 14.0 Å². The molecule has 0 unspecified atom stereocenters. The Kier molecular flexibility index (Phi) is 5.51. The predicted molar refractivity (Wildman–Crippen MR) is 78.9 cm³/mol. The summed E-state index contributed by atoms with van der Waals surface area (Å²) in [6.07, 6.45) is 0.729. The molecule has 124 valence electrons. The summed E-state index contributed by atoms with van der Waals surface area (Å²) < 4.78 is 18.5. The van der Waals surface area contributed by atoms with E-state index in [4.69, 9.17) is 0 Å². The van der Waals surface area contributed by atoms with E-state index in [2.05, 4.69) is 15.4 Å². The number of nitrogens with zero attached hydrogens (tertiary/aromatic N) is 1. The van der Waals surface area contributed by atoms with Crippen molar-refractivity contribution in [2.24, 2.45) is 0 Å². The number of methoxy groups -OCH3 is 1. The van der Waals surface area contributed by atoms with Crippen LogP contribution >= 0.6 is 0 Å². The molecule has 8 heteroatoms. The third-order valence-electron chi connectivity index (χ3n) is 3.46. The van der Waals surface area contributed by atoms with E-state index in [0.717, 1.165) is 13.5 Å². The standard InChI is InChI=1S/C15H18FN3O4/c1-23-14(21)13(10-5-2-3-6-11(10)16)18-12(20)9-19-8-4-7-17-15(19)22/h2-3,5-6,13H,4,7-9H2,1H3,(H,17,22)(H,18,20)/t13-/m0/s1. The number of hydrogen-bond donors (Lipinski definition) is 2. The van der Waals surface area contributed by atoms with Gasteiger partial charge in [-0.3, -0.25) is 4.79 Å². The Morgan fingerprint density at radius 1 is 1.43 bits per heavy atom. The summed E-state index contributed by atoms with van der Waals surface area (Å²) in [5.74, 6) is -1.98. The zero-order chi connectivity index (χ0) is 16.8. The van der Waals surface area contributed by atoms with Crippen LogP contribution in [0.3, 0.4) is 0 Å². The van der Waals surface area contributed by atoms with Gasteiger partial charge in [0.05, 0.1) is 7.11 Å². The van der Waals surface area contributed by atoms with E-state index >= 15 is 0 Å². The second kappa shape index (κ2) is 7.57. The Morgan fingerprint density at radius 2 is 2.17 bits per heavy atom. The highest BCUT2D eigenvalue weighted by molar-refractivity contribution is 5.88. The Labute approximate surface area is 132 Å². The third-order valence-corrected chi connectivity index (χ3v) is 3.46. The molecule has 0 bridgehead atoms. The lowest BCUT2D eigenvalue weighted by atomic mass is 10.1. The zero-order valence-corrected chi connectivity index (χ0v) is 12.7. The number of nitrogens with one attached hydrogen (secondary N) is 2. The van der Waals surface area contributed by atoms with Gasteiger partial charge in [0.15, 0.2) is 6.04 Å². The molecule has 23 heavy (non-hydrogen) atoms. The van der Waals surface area contributed by atoms with Crippen molar-refractivity contribution in [1.82, 2.24) is 15.5 Å². The number of amides is 3. The van der Waals surface area contributed by atoms with Gasteiger partial charge in [0.25, 0.3) is 0 Å². The second-order valence-electron chi connectivity index (χ2n) is 5.05. The Bertz CT molecular complexity index is 608. The van der Waals surface area contributed by atoms with E-state index < -0.39 is 23.7 Å². The zero-order valence-electron chi connectivity index (χ0n) is 12.7. The van der Waals surface area contributed by atoms with Crippen molar-refractivity contribution in [3.8, 4) is 0 Å². The van der Waals surface area contributed by atoms with Crippen LogP contribution in [0.5, 0.6) is 0 Å². The maximum absolute atomic E-state index is 13.9. The molecule has 0 spiro atoms. The van der Waals surface area contributed by atoms with Crippen LogP contribution < -0.4 is 10.6 Å². The molecule has 0 radical (unpaired) electrons. The Morgan fingerprint density at radius 3 is 2.83 bits per heavy atom. The van der Waals surface area contributed by atoms with Crippen LogP contribution in [0.4, 0.5) is 9.18 Å². The first kappa shape index (κ1) is 16.7. The van der Waals surface area contributed by atoms with Gasteiger partial charge in [-0.05, 0) is 12.5 Å². The summed E-state index contributed by atoms with van der Waals surface area (Å²) in [5, 5.41) is 5.04. The van der Waals surface area contributed by atoms with E-state index in [0.29, 0.717) is 13.1 Å². The van der Waals surface area contributed by atoms with Gasteiger partial charge in [0.2, 0.25) is 5.91 Å². The summed E-state index contributed by atoms with van der Waals surface area (Å²) >= 11 is 0. The largest absolute Gasteiger partial charge is 0.467 e. The highest BCUT2D eigenvalue weighted by atomic mass is 19.1. The van der Waals surface area contributed by atoms with Gasteiger partial charge in [-0.15, -0.1) is 0 Å². The normalized spacial score (nSPS) is 15.6. The number of halogens is 1. The van der Waals surface area contributed by atoms with Crippen LogP contribution in [0.2, 0.25) is 0 Å². The van der Waals surface area contributed by atoms with Crippen LogP contribution in [0.1, 0.15) is 18.0 Å². The van der Waals surface area contributed by atoms with Gasteiger partial charge >= 0.3 is 12.0 Å². The Hall–Kier alpha value is -2.64. The van der Waals surface area contributed by atoms with Crippen LogP contribution in [0, 0.1) is 5.82 Å².